The molecule has 1 aromatic carbocycles. The first-order chi connectivity index (χ1) is 14.5. The van der Waals surface area contributed by atoms with E-state index in [1.807, 2.05) is 62.5 Å². The maximum Gasteiger partial charge on any atom is 0.190 e. The topological polar surface area (TPSA) is 83.9 Å². The van der Waals surface area contributed by atoms with Crippen LogP contribution in [0.3, 0.4) is 0 Å². The number of thiazole rings is 1. The van der Waals surface area contributed by atoms with Gasteiger partial charge in [0, 0.05) is 16.6 Å². The summed E-state index contributed by atoms with van der Waals surface area (Å²) in [5, 5.41) is 17.2. The summed E-state index contributed by atoms with van der Waals surface area (Å²) >= 11 is 2.64. The van der Waals surface area contributed by atoms with Gasteiger partial charge in [-0.05, 0) is 32.4 Å². The zero-order valence-corrected chi connectivity index (χ0v) is 18.4. The average Bonchev–Trinajstić information content (AvgIpc) is 3.31. The Kier molecular flexibility index (Phi) is 5.66. The van der Waals surface area contributed by atoms with Crippen molar-refractivity contribution >= 4 is 34.4 Å². The number of thioether (sulfide) groups is 1. The minimum Gasteiger partial charge on any atom is -0.297 e. The first-order valence-corrected chi connectivity index (χ1v) is 11.2. The summed E-state index contributed by atoms with van der Waals surface area (Å²) in [7, 11) is 0. The molecule has 0 saturated carbocycles. The molecule has 0 saturated heterocycles. The highest BCUT2D eigenvalue weighted by Crippen LogP contribution is 2.31. The number of aromatic nitrogens is 4. The smallest absolute Gasteiger partial charge is 0.190 e. The number of nitrogens with zero attached hydrogens (tertiary/aromatic N) is 5. The normalized spacial score (nSPS) is 12.1. The molecule has 3 heterocycles. The number of carbonyl (C=O) groups is 1. The van der Waals surface area contributed by atoms with Gasteiger partial charge in [0.1, 0.15) is 5.01 Å². The molecule has 1 atom stereocenters. The van der Waals surface area contributed by atoms with Crippen LogP contribution in [0.1, 0.15) is 27.9 Å². The number of rotatable bonds is 6. The number of benzene rings is 1. The van der Waals surface area contributed by atoms with Crippen molar-refractivity contribution in [3.63, 3.8) is 0 Å². The van der Waals surface area contributed by atoms with Crippen LogP contribution in [0.5, 0.6) is 0 Å². The van der Waals surface area contributed by atoms with Gasteiger partial charge < -0.3 is 0 Å². The maximum absolute atomic E-state index is 12.8. The third-order valence-corrected chi connectivity index (χ3v) is 6.59. The molecule has 6 nitrogen and oxygen atoms in total. The second-order valence-corrected chi connectivity index (χ2v) is 8.81. The number of fused-ring (bicyclic) bond motifs is 1. The monoisotopic (exact) mass is 433 g/mol. The van der Waals surface area contributed by atoms with Crippen LogP contribution in [0.2, 0.25) is 0 Å². The number of Topliss-reactive ketones (excluding diaryl/α,β-unsaturated/α-hetero) is 1. The number of ketones is 1. The van der Waals surface area contributed by atoms with E-state index >= 15 is 0 Å². The second kappa shape index (κ2) is 8.38. The van der Waals surface area contributed by atoms with Crippen LogP contribution >= 0.6 is 23.1 Å². The molecule has 0 fully saturated rings. The predicted octanol–water partition coefficient (Wildman–Crippen LogP) is 4.75. The van der Waals surface area contributed by atoms with Gasteiger partial charge >= 0.3 is 0 Å². The highest BCUT2D eigenvalue weighted by Gasteiger charge is 2.25. The molecule has 0 N–H and O–H groups in total. The molecule has 0 aliphatic rings. The Bertz CT molecular complexity index is 1270. The number of imidazole rings is 1. The van der Waals surface area contributed by atoms with Gasteiger partial charge in [0.05, 0.1) is 28.7 Å². The van der Waals surface area contributed by atoms with Gasteiger partial charge in [-0.1, -0.05) is 42.1 Å². The van der Waals surface area contributed by atoms with Crippen molar-refractivity contribution in [3.05, 3.63) is 63.7 Å². The Balaban J connectivity index is 1.68. The maximum atomic E-state index is 12.8. The third kappa shape index (κ3) is 3.86. The minimum atomic E-state index is -0.854. The summed E-state index contributed by atoms with van der Waals surface area (Å²) in [5.41, 5.74) is 5.52. The van der Waals surface area contributed by atoms with Crippen LogP contribution in [-0.4, -0.2) is 31.1 Å². The summed E-state index contributed by atoms with van der Waals surface area (Å²) in [6.45, 7) is 5.82. The van der Waals surface area contributed by atoms with E-state index in [4.69, 9.17) is 4.98 Å². The second-order valence-electron chi connectivity index (χ2n) is 6.98. The highest BCUT2D eigenvalue weighted by molar-refractivity contribution is 7.99. The summed E-state index contributed by atoms with van der Waals surface area (Å²) in [6.07, 6.45) is 0. The molecule has 4 aromatic rings. The lowest BCUT2D eigenvalue weighted by molar-refractivity contribution is -0.116. The molecule has 0 bridgehead atoms. The summed E-state index contributed by atoms with van der Waals surface area (Å²) < 4.78 is 1.81. The van der Waals surface area contributed by atoms with E-state index < -0.39 is 5.92 Å². The molecular formula is C22H19N5OS2. The van der Waals surface area contributed by atoms with E-state index in [1.54, 1.807) is 4.52 Å². The lowest BCUT2D eigenvalue weighted by atomic mass is 10.1. The first kappa shape index (κ1) is 20.3. The number of hydrogen-bond acceptors (Lipinski definition) is 7. The molecule has 0 aliphatic carbocycles. The molecule has 3 aromatic heterocycles. The van der Waals surface area contributed by atoms with E-state index in [1.165, 1.54) is 23.1 Å². The number of nitriles is 1. The fourth-order valence-electron chi connectivity index (χ4n) is 3.29. The van der Waals surface area contributed by atoms with Gasteiger partial charge in [-0.25, -0.2) is 14.5 Å². The largest absolute Gasteiger partial charge is 0.297 e. The van der Waals surface area contributed by atoms with Crippen LogP contribution < -0.4 is 0 Å². The Morgan fingerprint density at radius 3 is 2.63 bits per heavy atom. The first-order valence-electron chi connectivity index (χ1n) is 9.37. The van der Waals surface area contributed by atoms with Crippen molar-refractivity contribution < 1.29 is 4.79 Å². The van der Waals surface area contributed by atoms with Crippen LogP contribution in [-0.2, 0) is 4.79 Å². The molecule has 1 unspecified atom stereocenters. The van der Waals surface area contributed by atoms with Gasteiger partial charge in [0.25, 0.3) is 0 Å². The minimum absolute atomic E-state index is 0.124. The van der Waals surface area contributed by atoms with Gasteiger partial charge in [0.2, 0.25) is 0 Å². The van der Waals surface area contributed by atoms with Gasteiger partial charge in [-0.3, -0.25) is 4.79 Å². The highest BCUT2D eigenvalue weighted by atomic mass is 32.2. The molecule has 0 amide bonds. The van der Waals surface area contributed by atoms with Crippen LogP contribution in [0.15, 0.2) is 46.9 Å². The average molecular weight is 434 g/mol. The Labute approximate surface area is 182 Å². The van der Waals surface area contributed by atoms with E-state index in [0.717, 1.165) is 33.7 Å². The van der Waals surface area contributed by atoms with Gasteiger partial charge in [0.15, 0.2) is 16.9 Å². The molecule has 0 spiro atoms. The van der Waals surface area contributed by atoms with E-state index in [2.05, 4.69) is 16.2 Å². The Morgan fingerprint density at radius 1 is 1.20 bits per heavy atom. The van der Waals surface area contributed by atoms with Crippen molar-refractivity contribution in [1.82, 2.24) is 19.6 Å². The fourth-order valence-corrected chi connectivity index (χ4v) is 5.00. The summed E-state index contributed by atoms with van der Waals surface area (Å²) in [4.78, 5) is 21.9. The quantitative estimate of drug-likeness (QED) is 0.408. The van der Waals surface area contributed by atoms with Crippen molar-refractivity contribution in [3.8, 4) is 17.3 Å². The van der Waals surface area contributed by atoms with Crippen LogP contribution in [0.25, 0.3) is 16.8 Å². The Morgan fingerprint density at radius 2 is 1.97 bits per heavy atom. The van der Waals surface area contributed by atoms with Crippen molar-refractivity contribution in [1.29, 1.82) is 5.26 Å². The van der Waals surface area contributed by atoms with Crippen LogP contribution in [0.4, 0.5) is 0 Å². The lowest BCUT2D eigenvalue weighted by Gasteiger charge is -2.06. The molecule has 0 radical (unpaired) electrons. The van der Waals surface area contributed by atoms with E-state index in [-0.39, 0.29) is 11.5 Å². The zero-order chi connectivity index (χ0) is 21.3. The number of hydrogen-bond donors (Lipinski definition) is 0. The molecule has 4 rings (SSSR count). The Hall–Kier alpha value is -3.02. The van der Waals surface area contributed by atoms with E-state index in [9.17, 15) is 10.1 Å². The summed E-state index contributed by atoms with van der Waals surface area (Å²) in [5.74, 6) is -0.912. The standard InChI is InChI=1S/C22H19N5OS2/c1-13-9-14(2)26-27-20(13)19(16-7-5-4-6-8-16)25-22(27)30-12-18(28)17(10-23)21-24-15(3)11-29-21/h4-9,11,17H,12H2,1-3H3. The van der Waals surface area contributed by atoms with Crippen molar-refractivity contribution in [2.24, 2.45) is 0 Å². The van der Waals surface area contributed by atoms with E-state index in [0.29, 0.717) is 10.2 Å². The fraction of sp³-hybridized carbons (Fsp3) is 0.227. The molecule has 30 heavy (non-hydrogen) atoms. The summed E-state index contributed by atoms with van der Waals surface area (Å²) in [6, 6.07) is 14.1. The molecule has 8 heteroatoms. The molecule has 150 valence electrons. The number of aryl methyl sites for hydroxylation is 3. The van der Waals surface area contributed by atoms with Crippen molar-refractivity contribution in [2.75, 3.05) is 5.75 Å². The molecule has 0 aliphatic heterocycles. The SMILES string of the molecule is Cc1csc(C(C#N)C(=O)CSc2nc(-c3ccccc3)c3c(C)cc(C)nn23)n1. The van der Waals surface area contributed by atoms with Gasteiger partial charge in [-0.15, -0.1) is 11.3 Å². The predicted molar refractivity (Wildman–Crippen MR) is 119 cm³/mol. The zero-order valence-electron chi connectivity index (χ0n) is 16.8. The van der Waals surface area contributed by atoms with Crippen molar-refractivity contribution in [2.45, 2.75) is 31.8 Å². The third-order valence-electron chi connectivity index (χ3n) is 4.61. The lowest BCUT2D eigenvalue weighted by Crippen LogP contribution is -2.13. The van der Waals surface area contributed by atoms with Gasteiger partial charge in [-0.2, -0.15) is 10.4 Å². The molecular weight excluding hydrogens is 414 g/mol. The number of carbonyl (C=O) groups excluding carboxylic acids is 1. The van der Waals surface area contributed by atoms with Crippen LogP contribution in [0, 0.1) is 32.1 Å².